The molecule has 0 spiro atoms. The molecule has 4 rings (SSSR count). The van der Waals surface area contributed by atoms with Gasteiger partial charge in [-0.15, -0.1) is 0 Å². The summed E-state index contributed by atoms with van der Waals surface area (Å²) in [5.74, 6) is -1.89. The number of carbonyl (C=O) groups is 4. The van der Waals surface area contributed by atoms with Crippen molar-refractivity contribution >= 4 is 64.4 Å². The maximum Gasteiger partial charge on any atom is 0.335 e. The van der Waals surface area contributed by atoms with E-state index in [4.69, 9.17) is 27.9 Å². The molecule has 0 bridgehead atoms. The van der Waals surface area contributed by atoms with Gasteiger partial charge in [-0.3, -0.25) is 19.7 Å². The Bertz CT molecular complexity index is 1370. The first-order valence-electron chi connectivity index (χ1n) is 10.3. The second kappa shape index (κ2) is 10.4. The molecule has 5 amide bonds. The fourth-order valence-corrected chi connectivity index (χ4v) is 3.65. The third-order valence-electron chi connectivity index (χ3n) is 4.89. The highest BCUT2D eigenvalue weighted by atomic mass is 35.5. The van der Waals surface area contributed by atoms with Gasteiger partial charge < -0.3 is 10.1 Å². The summed E-state index contributed by atoms with van der Waals surface area (Å²) in [5.41, 5.74) is 0.714. The Hall–Kier alpha value is -4.14. The van der Waals surface area contributed by atoms with Crippen molar-refractivity contribution in [1.29, 1.82) is 0 Å². The normalized spacial score (nSPS) is 14.6. The highest BCUT2D eigenvalue weighted by Crippen LogP contribution is 2.27. The first-order valence-corrected chi connectivity index (χ1v) is 11.0. The molecule has 35 heavy (non-hydrogen) atoms. The van der Waals surface area contributed by atoms with Gasteiger partial charge in [0.15, 0.2) is 6.61 Å². The summed E-state index contributed by atoms with van der Waals surface area (Å²) in [5, 5.41) is 5.49. The molecule has 0 atom stereocenters. The summed E-state index contributed by atoms with van der Waals surface area (Å²) in [7, 11) is 0. The number of halogens is 2. The number of nitrogens with one attached hydrogen (secondary N) is 2. The number of hydrogen-bond acceptors (Lipinski definition) is 5. The molecule has 8 nitrogen and oxygen atoms in total. The predicted octanol–water partition coefficient (Wildman–Crippen LogP) is 4.68. The molecule has 0 unspecified atom stereocenters. The Morgan fingerprint density at radius 2 is 1.71 bits per heavy atom. The topological polar surface area (TPSA) is 105 Å². The van der Waals surface area contributed by atoms with E-state index in [0.717, 1.165) is 4.90 Å². The smallest absolute Gasteiger partial charge is 0.335 e. The molecule has 2 N–H and O–H groups in total. The standard InChI is InChI=1S/C25H17Cl2N3O5/c26-16-7-5-8-17(13-16)30-24(33)18(23(32)29-25(30)34)12-15-6-1-4-11-21(15)35-14-22(31)28-20-10-3-2-9-19(20)27/h1-13H,14H2,(H,28,31)(H,29,32,34)/b18-12+. The number of benzene rings is 3. The predicted molar refractivity (Wildman–Crippen MR) is 132 cm³/mol. The molecule has 0 aromatic heterocycles. The van der Waals surface area contributed by atoms with Gasteiger partial charge in [0.25, 0.3) is 17.7 Å². The number of anilines is 2. The number of urea groups is 1. The number of imide groups is 2. The van der Waals surface area contributed by atoms with Gasteiger partial charge in [-0.05, 0) is 42.5 Å². The van der Waals surface area contributed by atoms with Crippen molar-refractivity contribution in [2.45, 2.75) is 0 Å². The SMILES string of the molecule is O=C(COc1ccccc1/C=C1\C(=O)NC(=O)N(c2cccc(Cl)c2)C1=O)Nc1ccccc1Cl. The van der Waals surface area contributed by atoms with Crippen LogP contribution in [0.3, 0.4) is 0 Å². The summed E-state index contributed by atoms with van der Waals surface area (Å²) in [6.45, 7) is -0.349. The van der Waals surface area contributed by atoms with Gasteiger partial charge in [-0.2, -0.15) is 0 Å². The number of amides is 5. The maximum absolute atomic E-state index is 13.1. The fraction of sp³-hybridized carbons (Fsp3) is 0.0400. The Kier molecular flexibility index (Phi) is 7.14. The molecular formula is C25H17Cl2N3O5. The van der Waals surface area contributed by atoms with Gasteiger partial charge in [-0.25, -0.2) is 9.69 Å². The van der Waals surface area contributed by atoms with Crippen molar-refractivity contribution in [3.05, 3.63) is 94.0 Å². The van der Waals surface area contributed by atoms with E-state index in [0.29, 0.717) is 21.3 Å². The van der Waals surface area contributed by atoms with E-state index in [2.05, 4.69) is 10.6 Å². The van der Waals surface area contributed by atoms with E-state index in [1.165, 1.54) is 18.2 Å². The van der Waals surface area contributed by atoms with Gasteiger partial charge in [0.05, 0.1) is 16.4 Å². The Labute approximate surface area is 210 Å². The fourth-order valence-electron chi connectivity index (χ4n) is 3.29. The molecule has 1 aliphatic heterocycles. The lowest BCUT2D eigenvalue weighted by Gasteiger charge is -2.26. The average molecular weight is 510 g/mol. The molecule has 176 valence electrons. The molecule has 0 saturated carbocycles. The average Bonchev–Trinajstić information content (AvgIpc) is 2.82. The number of ether oxygens (including phenoxy) is 1. The minimum Gasteiger partial charge on any atom is -0.483 e. The van der Waals surface area contributed by atoms with E-state index in [1.54, 1.807) is 60.7 Å². The van der Waals surface area contributed by atoms with Crippen LogP contribution in [0, 0.1) is 0 Å². The van der Waals surface area contributed by atoms with Crippen molar-refractivity contribution in [2.75, 3.05) is 16.8 Å². The highest BCUT2D eigenvalue weighted by Gasteiger charge is 2.37. The molecule has 0 radical (unpaired) electrons. The quantitative estimate of drug-likeness (QED) is 0.370. The van der Waals surface area contributed by atoms with Crippen LogP contribution in [0.5, 0.6) is 5.75 Å². The number of barbiturate groups is 1. The third kappa shape index (κ3) is 5.51. The van der Waals surface area contributed by atoms with Crippen molar-refractivity contribution < 1.29 is 23.9 Å². The molecule has 3 aromatic rings. The first-order chi connectivity index (χ1) is 16.8. The Morgan fingerprint density at radius 3 is 2.49 bits per heavy atom. The van der Waals surface area contributed by atoms with Crippen LogP contribution in [0.25, 0.3) is 6.08 Å². The highest BCUT2D eigenvalue weighted by molar-refractivity contribution is 6.39. The van der Waals surface area contributed by atoms with Gasteiger partial charge >= 0.3 is 6.03 Å². The van der Waals surface area contributed by atoms with Crippen LogP contribution in [0.4, 0.5) is 16.2 Å². The zero-order valence-corrected chi connectivity index (χ0v) is 19.5. The lowest BCUT2D eigenvalue weighted by molar-refractivity contribution is -0.122. The summed E-state index contributed by atoms with van der Waals surface area (Å²) in [6.07, 6.45) is 1.29. The number of carbonyl (C=O) groups excluding carboxylic acids is 4. The van der Waals surface area contributed by atoms with Gasteiger partial charge in [0.1, 0.15) is 11.3 Å². The van der Waals surface area contributed by atoms with E-state index in [1.807, 2.05) is 0 Å². The van der Waals surface area contributed by atoms with Crippen LogP contribution in [0.1, 0.15) is 5.56 Å². The summed E-state index contributed by atoms with van der Waals surface area (Å²) in [6, 6.07) is 18.5. The van der Waals surface area contributed by atoms with E-state index in [-0.39, 0.29) is 23.6 Å². The van der Waals surface area contributed by atoms with Crippen LogP contribution in [-0.4, -0.2) is 30.4 Å². The molecule has 1 aliphatic rings. The molecule has 1 saturated heterocycles. The monoisotopic (exact) mass is 509 g/mol. The largest absolute Gasteiger partial charge is 0.483 e. The minimum atomic E-state index is -0.889. The second-order valence-electron chi connectivity index (χ2n) is 7.29. The van der Waals surface area contributed by atoms with Gasteiger partial charge in [0.2, 0.25) is 0 Å². The molecular weight excluding hydrogens is 493 g/mol. The summed E-state index contributed by atoms with van der Waals surface area (Å²) in [4.78, 5) is 51.1. The van der Waals surface area contributed by atoms with Gasteiger partial charge in [-0.1, -0.05) is 59.6 Å². The Balaban J connectivity index is 1.55. The van der Waals surface area contributed by atoms with Crippen molar-refractivity contribution in [2.24, 2.45) is 0 Å². The second-order valence-corrected chi connectivity index (χ2v) is 8.14. The van der Waals surface area contributed by atoms with Crippen LogP contribution in [0.15, 0.2) is 78.4 Å². The lowest BCUT2D eigenvalue weighted by Crippen LogP contribution is -2.54. The van der Waals surface area contributed by atoms with E-state index >= 15 is 0 Å². The summed E-state index contributed by atoms with van der Waals surface area (Å²) >= 11 is 12.0. The zero-order valence-electron chi connectivity index (χ0n) is 18.0. The molecule has 1 heterocycles. The molecule has 0 aliphatic carbocycles. The number of hydrogen-bond donors (Lipinski definition) is 2. The number of nitrogens with zero attached hydrogens (tertiary/aromatic N) is 1. The van der Waals surface area contributed by atoms with Crippen LogP contribution >= 0.6 is 23.2 Å². The van der Waals surface area contributed by atoms with E-state index in [9.17, 15) is 19.2 Å². The zero-order chi connectivity index (χ0) is 24.9. The molecule has 1 fully saturated rings. The Morgan fingerprint density at radius 1 is 0.971 bits per heavy atom. The van der Waals surface area contributed by atoms with Crippen molar-refractivity contribution in [1.82, 2.24) is 5.32 Å². The minimum absolute atomic E-state index is 0.208. The van der Waals surface area contributed by atoms with Crippen molar-refractivity contribution in [3.8, 4) is 5.75 Å². The van der Waals surface area contributed by atoms with Gasteiger partial charge in [0, 0.05) is 10.6 Å². The van der Waals surface area contributed by atoms with E-state index < -0.39 is 23.8 Å². The van der Waals surface area contributed by atoms with Crippen LogP contribution < -0.4 is 20.3 Å². The summed E-state index contributed by atoms with van der Waals surface area (Å²) < 4.78 is 5.63. The van der Waals surface area contributed by atoms with Crippen LogP contribution in [0.2, 0.25) is 10.0 Å². The molecule has 10 heteroatoms. The van der Waals surface area contributed by atoms with Crippen molar-refractivity contribution in [3.63, 3.8) is 0 Å². The number of rotatable bonds is 6. The molecule has 3 aromatic carbocycles. The third-order valence-corrected chi connectivity index (χ3v) is 5.46. The number of para-hydroxylation sites is 2. The lowest BCUT2D eigenvalue weighted by atomic mass is 10.1. The first kappa shape index (κ1) is 24.0. The van der Waals surface area contributed by atoms with Crippen LogP contribution in [-0.2, 0) is 14.4 Å². The maximum atomic E-state index is 13.1.